The molecule has 272 valence electrons. The van der Waals surface area contributed by atoms with E-state index in [0.717, 1.165) is 35.6 Å². The summed E-state index contributed by atoms with van der Waals surface area (Å²) < 4.78 is 0. The van der Waals surface area contributed by atoms with E-state index in [-0.39, 0.29) is 6.71 Å². The van der Waals surface area contributed by atoms with Crippen LogP contribution in [-0.2, 0) is 0 Å². The lowest BCUT2D eigenvalue weighted by Crippen LogP contribution is -2.56. The smallest absolute Gasteiger partial charge is 0.247 e. The molecule has 0 unspecified atom stereocenters. The van der Waals surface area contributed by atoms with E-state index in [1.165, 1.54) is 77.2 Å². The Bertz CT molecular complexity index is 3060. The zero-order valence-corrected chi connectivity index (χ0v) is 32.0. The number of anilines is 8. The van der Waals surface area contributed by atoms with Gasteiger partial charge in [-0.15, -0.1) is 0 Å². The Balaban J connectivity index is 1.16. The van der Waals surface area contributed by atoms with Crippen LogP contribution < -0.4 is 25.6 Å². The van der Waals surface area contributed by atoms with Crippen molar-refractivity contribution in [2.75, 3.05) is 14.7 Å². The highest BCUT2D eigenvalue weighted by molar-refractivity contribution is 6.95. The third-order valence-electron chi connectivity index (χ3n) is 12.5. The molecule has 9 aromatic carbocycles. The molecular weight excluding hydrogens is 701 g/mol. The second-order valence-corrected chi connectivity index (χ2v) is 15.6. The van der Waals surface area contributed by atoms with E-state index >= 15 is 0 Å². The van der Waals surface area contributed by atoms with Crippen molar-refractivity contribution in [3.63, 3.8) is 0 Å². The van der Waals surface area contributed by atoms with Gasteiger partial charge in [-0.2, -0.15) is 0 Å². The molecule has 2 heterocycles. The van der Waals surface area contributed by atoms with Crippen molar-refractivity contribution < 1.29 is 0 Å². The minimum atomic E-state index is 0.124. The molecule has 0 fully saturated rings. The summed E-state index contributed by atoms with van der Waals surface area (Å²) in [6.07, 6.45) is 6.77. The number of hydrogen-bond acceptors (Lipinski definition) is 3. The summed E-state index contributed by atoms with van der Waals surface area (Å²) in [6.45, 7) is 0.124. The van der Waals surface area contributed by atoms with Crippen LogP contribution in [0, 0.1) is 0 Å². The fraction of sp³-hybridized carbons (Fsp3) is 0.0370. The van der Waals surface area contributed by atoms with Gasteiger partial charge in [0.05, 0.1) is 0 Å². The highest BCUT2D eigenvalue weighted by Crippen LogP contribution is 2.48. The van der Waals surface area contributed by atoms with E-state index in [4.69, 9.17) is 0 Å². The summed E-state index contributed by atoms with van der Waals surface area (Å²) in [6, 6.07) is 71.4. The van der Waals surface area contributed by atoms with Gasteiger partial charge in [-0.1, -0.05) is 133 Å². The zero-order valence-electron chi connectivity index (χ0n) is 32.0. The summed E-state index contributed by atoms with van der Waals surface area (Å²) in [4.78, 5) is 7.44. The van der Waals surface area contributed by atoms with Gasteiger partial charge in [-0.25, -0.2) is 0 Å². The predicted molar refractivity (Wildman–Crippen MR) is 247 cm³/mol. The molecule has 9 aromatic rings. The number of para-hydroxylation sites is 3. The maximum atomic E-state index is 2.55. The molecule has 0 saturated carbocycles. The Hall–Kier alpha value is -7.30. The van der Waals surface area contributed by atoms with Crippen molar-refractivity contribution >= 4 is 95.5 Å². The summed E-state index contributed by atoms with van der Waals surface area (Å²) in [5.41, 5.74) is 14.9. The maximum Gasteiger partial charge on any atom is 0.247 e. The Kier molecular flexibility index (Phi) is 7.46. The summed E-state index contributed by atoms with van der Waals surface area (Å²) in [7, 11) is 0. The first kappa shape index (κ1) is 32.9. The van der Waals surface area contributed by atoms with E-state index in [2.05, 4.69) is 221 Å². The monoisotopic (exact) mass is 739 g/mol. The van der Waals surface area contributed by atoms with Crippen LogP contribution in [0.3, 0.4) is 0 Å². The van der Waals surface area contributed by atoms with Crippen LogP contribution >= 0.6 is 0 Å². The van der Waals surface area contributed by atoms with Crippen molar-refractivity contribution in [1.29, 1.82) is 0 Å². The lowest BCUT2D eigenvalue weighted by atomic mass is 9.32. The van der Waals surface area contributed by atoms with Crippen LogP contribution in [-0.4, -0.2) is 6.71 Å². The summed E-state index contributed by atoms with van der Waals surface area (Å²) in [5, 5.41) is 7.67. The SMILES string of the molecule is C1=CC2=C(CC1)B1c3ccc(N(c4ccccc4)c4ccccc4)cc3N(c3ccc4c5ccccc5c5ccccc5c4c3)c3cccc(c31)N2c1ccccc1. The number of allylic oxidation sites excluding steroid dienone is 3. The van der Waals surface area contributed by atoms with Gasteiger partial charge < -0.3 is 14.7 Å². The second kappa shape index (κ2) is 13.1. The van der Waals surface area contributed by atoms with Gasteiger partial charge in [-0.3, -0.25) is 0 Å². The van der Waals surface area contributed by atoms with Crippen molar-refractivity contribution in [1.82, 2.24) is 0 Å². The van der Waals surface area contributed by atoms with E-state index < -0.39 is 0 Å². The first-order valence-corrected chi connectivity index (χ1v) is 20.4. The number of fused-ring (bicyclic) bond motifs is 9. The molecule has 0 N–H and O–H groups in total. The molecule has 0 amide bonds. The number of benzene rings is 9. The highest BCUT2D eigenvalue weighted by Gasteiger charge is 2.44. The number of hydrogen-bond donors (Lipinski definition) is 0. The van der Waals surface area contributed by atoms with Crippen molar-refractivity contribution in [2.24, 2.45) is 0 Å². The minimum absolute atomic E-state index is 0.124. The molecule has 0 spiro atoms. The topological polar surface area (TPSA) is 9.72 Å². The standard InChI is InChI=1S/C54H38BN3/c1-4-17-37(18-5-1)56(38-19-6-2-7-20-38)41-32-34-49-53(36-41)58(40-31-33-46-44-25-11-10-23-42(44)43-24-12-13-26-45(43)47(46)35-40)52-30-16-29-51-54(52)55(49)48-27-14-15-28-50(48)57(51)39-21-8-3-9-22-39/h1-13,15-26,28-36H,14,27H2. The van der Waals surface area contributed by atoms with E-state index in [1.54, 1.807) is 0 Å². The average Bonchev–Trinajstić information content (AvgIpc) is 3.30. The molecule has 58 heavy (non-hydrogen) atoms. The third-order valence-corrected chi connectivity index (χ3v) is 12.5. The second-order valence-electron chi connectivity index (χ2n) is 15.6. The largest absolute Gasteiger partial charge is 0.312 e. The van der Waals surface area contributed by atoms with Gasteiger partial charge in [0.25, 0.3) is 0 Å². The predicted octanol–water partition coefficient (Wildman–Crippen LogP) is 13.3. The lowest BCUT2D eigenvalue weighted by Gasteiger charge is -2.45. The lowest BCUT2D eigenvalue weighted by molar-refractivity contribution is 0.967. The highest BCUT2D eigenvalue weighted by atomic mass is 15.2. The van der Waals surface area contributed by atoms with E-state index in [0.29, 0.717) is 0 Å². The van der Waals surface area contributed by atoms with Crippen LogP contribution in [0.4, 0.5) is 45.5 Å². The number of rotatable bonds is 5. The van der Waals surface area contributed by atoms with Gasteiger partial charge >= 0.3 is 0 Å². The number of nitrogens with zero attached hydrogens (tertiary/aromatic N) is 3. The van der Waals surface area contributed by atoms with Gasteiger partial charge in [0.15, 0.2) is 0 Å². The first-order chi connectivity index (χ1) is 28.8. The van der Waals surface area contributed by atoms with Crippen LogP contribution in [0.5, 0.6) is 0 Å². The Morgan fingerprint density at radius 1 is 0.414 bits per heavy atom. The van der Waals surface area contributed by atoms with Gasteiger partial charge in [-0.05, 0) is 135 Å². The molecule has 0 atom stereocenters. The van der Waals surface area contributed by atoms with Gasteiger partial charge in [0.1, 0.15) is 0 Å². The van der Waals surface area contributed by atoms with Crippen LogP contribution in [0.25, 0.3) is 32.3 Å². The Labute approximate surface area is 339 Å². The molecule has 3 nitrogen and oxygen atoms in total. The molecule has 1 aliphatic carbocycles. The van der Waals surface area contributed by atoms with E-state index in [9.17, 15) is 0 Å². The first-order valence-electron chi connectivity index (χ1n) is 20.4. The molecule has 12 rings (SSSR count). The van der Waals surface area contributed by atoms with Gasteiger partial charge in [0.2, 0.25) is 6.71 Å². The van der Waals surface area contributed by atoms with Crippen molar-refractivity contribution in [3.05, 3.63) is 217 Å². The molecule has 4 heteroatoms. The van der Waals surface area contributed by atoms with E-state index in [1.807, 2.05) is 0 Å². The Morgan fingerprint density at radius 3 is 1.64 bits per heavy atom. The summed E-state index contributed by atoms with van der Waals surface area (Å²) in [5.74, 6) is 0. The Morgan fingerprint density at radius 2 is 0.983 bits per heavy atom. The third kappa shape index (κ3) is 4.95. The quantitative estimate of drug-likeness (QED) is 0.129. The van der Waals surface area contributed by atoms with Crippen LogP contribution in [0.1, 0.15) is 12.8 Å². The maximum absolute atomic E-state index is 2.55. The minimum Gasteiger partial charge on any atom is -0.312 e. The zero-order chi connectivity index (χ0) is 38.2. The van der Waals surface area contributed by atoms with Gasteiger partial charge in [0, 0.05) is 51.2 Å². The normalized spacial score (nSPS) is 14.2. The molecule has 2 aliphatic heterocycles. The molecule has 0 bridgehead atoms. The molecular formula is C54H38BN3. The molecule has 0 radical (unpaired) electrons. The van der Waals surface area contributed by atoms with Crippen molar-refractivity contribution in [2.45, 2.75) is 12.8 Å². The fourth-order valence-electron chi connectivity index (χ4n) is 10.1. The van der Waals surface area contributed by atoms with Crippen LogP contribution in [0.15, 0.2) is 217 Å². The van der Waals surface area contributed by atoms with Crippen LogP contribution in [0.2, 0.25) is 0 Å². The molecule has 3 aliphatic rings. The average molecular weight is 740 g/mol. The molecule has 0 aromatic heterocycles. The van der Waals surface area contributed by atoms with Crippen molar-refractivity contribution in [3.8, 4) is 0 Å². The summed E-state index contributed by atoms with van der Waals surface area (Å²) >= 11 is 0. The molecule has 0 saturated heterocycles. The fourth-order valence-corrected chi connectivity index (χ4v) is 10.1.